The summed E-state index contributed by atoms with van der Waals surface area (Å²) in [5.74, 6) is 0. The van der Waals surface area contributed by atoms with Crippen LogP contribution in [0.2, 0.25) is 0 Å². The van der Waals surface area contributed by atoms with E-state index in [0.717, 1.165) is 11.3 Å². The van der Waals surface area contributed by atoms with E-state index in [4.69, 9.17) is 0 Å². The first kappa shape index (κ1) is 10.7. The van der Waals surface area contributed by atoms with Gasteiger partial charge < -0.3 is 0 Å². The highest BCUT2D eigenvalue weighted by molar-refractivity contribution is 5.24. The van der Waals surface area contributed by atoms with Gasteiger partial charge in [-0.3, -0.25) is 9.89 Å². The van der Waals surface area contributed by atoms with Crippen molar-refractivity contribution in [2.75, 3.05) is 0 Å². The molecule has 1 N–H and O–H groups in total. The molecule has 0 saturated heterocycles. The molecular weight excluding hydrogens is 200 g/mol. The quantitative estimate of drug-likeness (QED) is 0.822. The Labute approximate surface area is 94.7 Å². The lowest BCUT2D eigenvalue weighted by Crippen LogP contribution is -2.20. The van der Waals surface area contributed by atoms with Gasteiger partial charge in [0.05, 0.1) is 6.04 Å². The van der Waals surface area contributed by atoms with E-state index >= 15 is 0 Å². The lowest BCUT2D eigenvalue weighted by molar-refractivity contribution is 0.544. The van der Waals surface area contributed by atoms with E-state index in [1.165, 1.54) is 5.56 Å². The molecule has 0 fully saturated rings. The summed E-state index contributed by atoms with van der Waals surface area (Å²) in [6.07, 6.45) is 0. The summed E-state index contributed by atoms with van der Waals surface area (Å²) in [5.41, 5.74) is 3.27. The molecule has 2 aromatic rings. The fourth-order valence-electron chi connectivity index (χ4n) is 1.81. The van der Waals surface area contributed by atoms with Gasteiger partial charge in [-0.1, -0.05) is 29.8 Å². The number of benzene rings is 1. The van der Waals surface area contributed by atoms with Gasteiger partial charge in [-0.25, -0.2) is 4.68 Å². The molecule has 0 bridgehead atoms. The Kier molecular flexibility index (Phi) is 2.69. The molecule has 1 heterocycles. The van der Waals surface area contributed by atoms with E-state index in [2.05, 4.69) is 36.3 Å². The van der Waals surface area contributed by atoms with Crippen LogP contribution in [0.15, 0.2) is 35.1 Å². The number of H-pyrrole nitrogens is 1. The highest BCUT2D eigenvalue weighted by Gasteiger charge is 2.10. The van der Waals surface area contributed by atoms with Crippen molar-refractivity contribution in [1.82, 2.24) is 9.78 Å². The van der Waals surface area contributed by atoms with Crippen LogP contribution in [0.3, 0.4) is 0 Å². The third kappa shape index (κ3) is 1.94. The molecule has 0 aliphatic heterocycles. The van der Waals surface area contributed by atoms with Crippen molar-refractivity contribution in [3.8, 4) is 0 Å². The van der Waals surface area contributed by atoms with Gasteiger partial charge in [0.1, 0.15) is 0 Å². The van der Waals surface area contributed by atoms with Crippen LogP contribution >= 0.6 is 0 Å². The maximum Gasteiger partial charge on any atom is 0.267 e. The van der Waals surface area contributed by atoms with E-state index in [1.54, 1.807) is 10.7 Å². The van der Waals surface area contributed by atoms with Crippen molar-refractivity contribution in [1.29, 1.82) is 0 Å². The van der Waals surface area contributed by atoms with E-state index in [9.17, 15) is 4.79 Å². The summed E-state index contributed by atoms with van der Waals surface area (Å²) >= 11 is 0. The highest BCUT2D eigenvalue weighted by Crippen LogP contribution is 2.15. The Bertz CT molecular complexity index is 534. The Morgan fingerprint density at radius 3 is 2.31 bits per heavy atom. The maximum atomic E-state index is 11.7. The molecule has 2 rings (SSSR count). The first-order chi connectivity index (χ1) is 7.58. The largest absolute Gasteiger partial charge is 0.299 e. The van der Waals surface area contributed by atoms with Gasteiger partial charge in [0, 0.05) is 11.8 Å². The van der Waals surface area contributed by atoms with Crippen LogP contribution < -0.4 is 5.56 Å². The Morgan fingerprint density at radius 1 is 1.19 bits per heavy atom. The van der Waals surface area contributed by atoms with E-state index in [1.807, 2.05) is 13.8 Å². The fourth-order valence-corrected chi connectivity index (χ4v) is 1.81. The topological polar surface area (TPSA) is 37.8 Å². The summed E-state index contributed by atoms with van der Waals surface area (Å²) in [7, 11) is 0. The van der Waals surface area contributed by atoms with Crippen LogP contribution in [0.1, 0.15) is 29.8 Å². The zero-order valence-corrected chi connectivity index (χ0v) is 9.82. The van der Waals surface area contributed by atoms with Crippen LogP contribution in [0.25, 0.3) is 0 Å². The summed E-state index contributed by atoms with van der Waals surface area (Å²) in [6, 6.07) is 9.90. The lowest BCUT2D eigenvalue weighted by atomic mass is 10.1. The molecule has 1 atom stereocenters. The summed E-state index contributed by atoms with van der Waals surface area (Å²) in [6.45, 7) is 5.96. The molecule has 1 aromatic carbocycles. The monoisotopic (exact) mass is 216 g/mol. The van der Waals surface area contributed by atoms with Crippen molar-refractivity contribution in [2.45, 2.75) is 26.8 Å². The van der Waals surface area contributed by atoms with Crippen molar-refractivity contribution in [3.05, 3.63) is 57.5 Å². The average Bonchev–Trinajstić information content (AvgIpc) is 2.58. The minimum atomic E-state index is 0.0191. The van der Waals surface area contributed by atoms with Gasteiger partial charge in [-0.05, 0) is 26.3 Å². The molecule has 0 radical (unpaired) electrons. The van der Waals surface area contributed by atoms with E-state index in [-0.39, 0.29) is 11.6 Å². The van der Waals surface area contributed by atoms with Crippen LogP contribution in [-0.2, 0) is 0 Å². The molecule has 0 aliphatic carbocycles. The van der Waals surface area contributed by atoms with Crippen molar-refractivity contribution in [3.63, 3.8) is 0 Å². The fraction of sp³-hybridized carbons (Fsp3) is 0.308. The van der Waals surface area contributed by atoms with Crippen LogP contribution in [0.5, 0.6) is 0 Å². The summed E-state index contributed by atoms with van der Waals surface area (Å²) < 4.78 is 1.65. The molecule has 3 heteroatoms. The van der Waals surface area contributed by atoms with Crippen molar-refractivity contribution in [2.24, 2.45) is 0 Å². The predicted octanol–water partition coefficient (Wildman–Crippen LogP) is 2.40. The SMILES string of the molecule is Cc1ccc(C(C)n2[nH]c(C)cc2=O)cc1. The summed E-state index contributed by atoms with van der Waals surface area (Å²) in [4.78, 5) is 11.7. The van der Waals surface area contributed by atoms with E-state index in [0.29, 0.717) is 0 Å². The molecule has 0 amide bonds. The minimum Gasteiger partial charge on any atom is -0.299 e. The Hall–Kier alpha value is -1.77. The Morgan fingerprint density at radius 2 is 1.81 bits per heavy atom. The van der Waals surface area contributed by atoms with Gasteiger partial charge in [0.25, 0.3) is 5.56 Å². The van der Waals surface area contributed by atoms with Crippen LogP contribution in [0.4, 0.5) is 0 Å². The first-order valence-electron chi connectivity index (χ1n) is 5.42. The zero-order valence-electron chi connectivity index (χ0n) is 9.82. The number of aryl methyl sites for hydroxylation is 2. The number of nitrogens with zero attached hydrogens (tertiary/aromatic N) is 1. The standard InChI is InChI=1S/C13H16N2O/c1-9-4-6-12(7-5-9)11(3)15-13(16)8-10(2)14-15/h4-8,11,14H,1-3H3. The van der Waals surface area contributed by atoms with Gasteiger partial charge in [-0.2, -0.15) is 0 Å². The van der Waals surface area contributed by atoms with Gasteiger partial charge >= 0.3 is 0 Å². The van der Waals surface area contributed by atoms with Crippen molar-refractivity contribution >= 4 is 0 Å². The molecule has 0 aliphatic rings. The number of hydrogen-bond donors (Lipinski definition) is 1. The smallest absolute Gasteiger partial charge is 0.267 e. The molecule has 1 unspecified atom stereocenters. The second kappa shape index (κ2) is 4.00. The van der Waals surface area contributed by atoms with Crippen LogP contribution in [-0.4, -0.2) is 9.78 Å². The molecule has 0 spiro atoms. The van der Waals surface area contributed by atoms with Crippen molar-refractivity contribution < 1.29 is 0 Å². The second-order valence-corrected chi connectivity index (χ2v) is 4.23. The number of aromatic nitrogens is 2. The second-order valence-electron chi connectivity index (χ2n) is 4.23. The average molecular weight is 216 g/mol. The lowest BCUT2D eigenvalue weighted by Gasteiger charge is -2.13. The molecule has 1 aromatic heterocycles. The molecule has 84 valence electrons. The maximum absolute atomic E-state index is 11.7. The van der Waals surface area contributed by atoms with Gasteiger partial charge in [-0.15, -0.1) is 0 Å². The third-order valence-corrected chi connectivity index (χ3v) is 2.82. The zero-order chi connectivity index (χ0) is 11.7. The number of aromatic amines is 1. The number of hydrogen-bond acceptors (Lipinski definition) is 1. The van der Waals surface area contributed by atoms with Gasteiger partial charge in [0.15, 0.2) is 0 Å². The molecule has 0 saturated carbocycles. The van der Waals surface area contributed by atoms with E-state index < -0.39 is 0 Å². The number of nitrogens with one attached hydrogen (secondary N) is 1. The Balaban J connectivity index is 2.38. The highest BCUT2D eigenvalue weighted by atomic mass is 16.1. The van der Waals surface area contributed by atoms with Gasteiger partial charge in [0.2, 0.25) is 0 Å². The van der Waals surface area contributed by atoms with Crippen LogP contribution in [0, 0.1) is 13.8 Å². The predicted molar refractivity (Wildman–Crippen MR) is 64.8 cm³/mol. The summed E-state index contributed by atoms with van der Waals surface area (Å²) in [5, 5.41) is 3.06. The number of rotatable bonds is 2. The normalized spacial score (nSPS) is 12.7. The molecule has 16 heavy (non-hydrogen) atoms. The first-order valence-corrected chi connectivity index (χ1v) is 5.42. The third-order valence-electron chi connectivity index (χ3n) is 2.82. The molecular formula is C13H16N2O. The molecule has 3 nitrogen and oxygen atoms in total. The minimum absolute atomic E-state index is 0.0191.